The summed E-state index contributed by atoms with van der Waals surface area (Å²) in [5.41, 5.74) is -5.84. The Morgan fingerprint density at radius 2 is 1.73 bits per heavy atom. The standard InChI is InChI=1S/C30H42O11/c1-8-9-10-11-23(34)39-19-15-21(37-17(3)31)27(5)13-12-20(33)28(6,36)24(27)25(38-18(4)32)30-22(14-16(19)2)40-26(35)29(30,7)41-30/h12-14,19-22,24-25,33,36H,8-11,15H2,1-7H3/b16-14-/t19?,20-,21+,22+,24-,25?,27-,28-,29+,30+/m1/s1. The fraction of sp³-hybridized carbons (Fsp3) is 0.733. The average molecular weight is 579 g/mol. The van der Waals surface area contributed by atoms with E-state index in [-0.39, 0.29) is 12.8 Å². The van der Waals surface area contributed by atoms with Crippen molar-refractivity contribution < 1.29 is 53.1 Å². The van der Waals surface area contributed by atoms with E-state index in [2.05, 4.69) is 0 Å². The second-order valence-corrected chi connectivity index (χ2v) is 12.3. The lowest BCUT2D eigenvalue weighted by Crippen LogP contribution is -2.67. The SMILES string of the molecule is CCCCCC(=O)OC1C[C@H](OC(C)=O)[C@@]2(C)C=C[C@@H](O)[C@@](C)(O)[C@@H]2C(OC(C)=O)[C@]23O[C@@]2(C)C(=O)O[C@H]3/C=C\1C. The van der Waals surface area contributed by atoms with Gasteiger partial charge in [0.25, 0.3) is 0 Å². The first-order valence-corrected chi connectivity index (χ1v) is 14.3. The summed E-state index contributed by atoms with van der Waals surface area (Å²) in [6, 6.07) is 0. The summed E-state index contributed by atoms with van der Waals surface area (Å²) in [5, 5.41) is 22.9. The lowest BCUT2D eigenvalue weighted by atomic mass is 9.55. The predicted molar refractivity (Wildman–Crippen MR) is 143 cm³/mol. The second kappa shape index (κ2) is 10.8. The molecule has 2 aliphatic heterocycles. The van der Waals surface area contributed by atoms with E-state index in [0.29, 0.717) is 12.0 Å². The molecule has 11 nitrogen and oxygen atoms in total. The van der Waals surface area contributed by atoms with Gasteiger partial charge >= 0.3 is 23.9 Å². The predicted octanol–water partition coefficient (Wildman–Crippen LogP) is 2.45. The number of carbonyl (C=O) groups is 4. The maximum atomic E-state index is 13.1. The van der Waals surface area contributed by atoms with Crippen LogP contribution in [-0.4, -0.2) is 81.4 Å². The van der Waals surface area contributed by atoms with Crippen LogP contribution in [-0.2, 0) is 42.9 Å². The summed E-state index contributed by atoms with van der Waals surface area (Å²) in [5.74, 6) is -3.60. The zero-order valence-electron chi connectivity index (χ0n) is 24.8. The molecule has 41 heavy (non-hydrogen) atoms. The van der Waals surface area contributed by atoms with Gasteiger partial charge in [-0.1, -0.05) is 38.8 Å². The molecule has 2 N–H and O–H groups in total. The Bertz CT molecular complexity index is 1160. The van der Waals surface area contributed by atoms with E-state index in [9.17, 15) is 29.4 Å². The largest absolute Gasteiger partial charge is 0.461 e. The Labute approximate surface area is 240 Å². The van der Waals surface area contributed by atoms with Crippen molar-refractivity contribution in [3.63, 3.8) is 0 Å². The van der Waals surface area contributed by atoms with E-state index in [1.165, 1.54) is 33.8 Å². The molecule has 2 saturated heterocycles. The van der Waals surface area contributed by atoms with E-state index in [1.54, 1.807) is 26.0 Å². The zero-order chi connectivity index (χ0) is 30.5. The molecule has 10 atom stereocenters. The maximum absolute atomic E-state index is 13.1. The number of rotatable bonds is 7. The summed E-state index contributed by atoms with van der Waals surface area (Å²) in [6.07, 6.45) is 1.56. The first-order valence-electron chi connectivity index (χ1n) is 14.3. The van der Waals surface area contributed by atoms with Gasteiger partial charge < -0.3 is 33.9 Å². The van der Waals surface area contributed by atoms with Crippen LogP contribution in [0.3, 0.4) is 0 Å². The second-order valence-electron chi connectivity index (χ2n) is 12.3. The minimum atomic E-state index is -1.95. The molecule has 4 rings (SSSR count). The third kappa shape index (κ3) is 5.10. The van der Waals surface area contributed by atoms with Crippen LogP contribution in [0.4, 0.5) is 0 Å². The van der Waals surface area contributed by atoms with Crippen molar-refractivity contribution in [3.8, 4) is 0 Å². The van der Waals surface area contributed by atoms with Crippen molar-refractivity contribution in [1.82, 2.24) is 0 Å². The first-order chi connectivity index (χ1) is 19.0. The van der Waals surface area contributed by atoms with Crippen LogP contribution in [0.2, 0.25) is 0 Å². The highest BCUT2D eigenvalue weighted by Gasteiger charge is 2.87. The Morgan fingerprint density at radius 3 is 2.32 bits per heavy atom. The van der Waals surface area contributed by atoms with Crippen molar-refractivity contribution in [1.29, 1.82) is 0 Å². The van der Waals surface area contributed by atoms with Gasteiger partial charge in [-0.05, 0) is 38.8 Å². The minimum Gasteiger partial charge on any atom is -0.461 e. The molecule has 4 aliphatic rings. The summed E-state index contributed by atoms with van der Waals surface area (Å²) in [7, 11) is 0. The molecule has 2 fully saturated rings. The average Bonchev–Trinajstić information content (AvgIpc) is 3.45. The van der Waals surface area contributed by atoms with Gasteiger partial charge in [0.2, 0.25) is 0 Å². The van der Waals surface area contributed by atoms with Crippen molar-refractivity contribution >= 4 is 23.9 Å². The number of aliphatic hydroxyl groups is 2. The van der Waals surface area contributed by atoms with Crippen LogP contribution in [0.5, 0.6) is 0 Å². The summed E-state index contributed by atoms with van der Waals surface area (Å²) < 4.78 is 29.6. The van der Waals surface area contributed by atoms with Crippen molar-refractivity contribution in [3.05, 3.63) is 23.8 Å². The number of esters is 4. The quantitative estimate of drug-likeness (QED) is 0.150. The van der Waals surface area contributed by atoms with Crippen LogP contribution in [0.1, 0.15) is 80.6 Å². The fourth-order valence-corrected chi connectivity index (χ4v) is 6.97. The molecule has 2 heterocycles. The van der Waals surface area contributed by atoms with Crippen LogP contribution >= 0.6 is 0 Å². The Hall–Kier alpha value is -2.76. The van der Waals surface area contributed by atoms with Gasteiger partial charge in [0.1, 0.15) is 24.4 Å². The lowest BCUT2D eigenvalue weighted by molar-refractivity contribution is -0.215. The van der Waals surface area contributed by atoms with E-state index in [1.807, 2.05) is 6.92 Å². The third-order valence-corrected chi connectivity index (χ3v) is 9.29. The van der Waals surface area contributed by atoms with Gasteiger partial charge in [-0.15, -0.1) is 0 Å². The smallest absolute Gasteiger partial charge is 0.342 e. The Kier molecular flexibility index (Phi) is 8.23. The highest BCUT2D eigenvalue weighted by molar-refractivity contribution is 5.89. The Morgan fingerprint density at radius 1 is 1.07 bits per heavy atom. The summed E-state index contributed by atoms with van der Waals surface area (Å²) in [6.45, 7) is 10.8. The number of aliphatic hydroxyl groups excluding tert-OH is 1. The van der Waals surface area contributed by atoms with Crippen molar-refractivity contribution in [2.24, 2.45) is 11.3 Å². The highest BCUT2D eigenvalue weighted by Crippen LogP contribution is 2.65. The number of ether oxygens (including phenoxy) is 5. The highest BCUT2D eigenvalue weighted by atomic mass is 16.7. The molecule has 0 saturated carbocycles. The molecule has 0 aromatic carbocycles. The first kappa shape index (κ1) is 31.2. The van der Waals surface area contributed by atoms with Crippen LogP contribution in [0.15, 0.2) is 23.8 Å². The number of fused-ring (bicyclic) bond motifs is 1. The molecule has 1 spiro atoms. The molecule has 0 aromatic heterocycles. The third-order valence-electron chi connectivity index (χ3n) is 9.29. The molecule has 0 amide bonds. The van der Waals surface area contributed by atoms with Crippen molar-refractivity contribution in [2.75, 3.05) is 0 Å². The van der Waals surface area contributed by atoms with Gasteiger partial charge in [-0.2, -0.15) is 0 Å². The van der Waals surface area contributed by atoms with E-state index in [0.717, 1.165) is 12.8 Å². The van der Waals surface area contributed by atoms with Gasteiger partial charge in [0.15, 0.2) is 17.3 Å². The monoisotopic (exact) mass is 578 g/mol. The number of hydrogen-bond acceptors (Lipinski definition) is 11. The molecule has 2 aliphatic carbocycles. The molecule has 228 valence electrons. The fourth-order valence-electron chi connectivity index (χ4n) is 6.97. The van der Waals surface area contributed by atoms with E-state index in [4.69, 9.17) is 23.7 Å². The van der Waals surface area contributed by atoms with E-state index >= 15 is 0 Å². The van der Waals surface area contributed by atoms with Gasteiger partial charge in [0.05, 0.1) is 5.60 Å². The van der Waals surface area contributed by atoms with Gasteiger partial charge in [-0.3, -0.25) is 14.4 Å². The maximum Gasteiger partial charge on any atom is 0.342 e. The van der Waals surface area contributed by atoms with Gasteiger partial charge in [0, 0.05) is 38.0 Å². The Balaban J connectivity index is 1.93. The van der Waals surface area contributed by atoms with Crippen LogP contribution in [0.25, 0.3) is 0 Å². The van der Waals surface area contributed by atoms with Crippen molar-refractivity contribution in [2.45, 2.75) is 128 Å². The number of epoxide rings is 1. The minimum absolute atomic E-state index is 0.0104. The number of hydrogen-bond donors (Lipinski definition) is 2. The van der Waals surface area contributed by atoms with E-state index < -0.39 is 82.5 Å². The molecule has 0 aromatic rings. The molecule has 11 heteroatoms. The normalized spacial score (nSPS) is 44.2. The molecule has 2 unspecified atom stereocenters. The van der Waals surface area contributed by atoms with Crippen LogP contribution < -0.4 is 0 Å². The number of unbranched alkanes of at least 4 members (excludes halogenated alkanes) is 2. The summed E-state index contributed by atoms with van der Waals surface area (Å²) in [4.78, 5) is 51.0. The topological polar surface area (TPSA) is 158 Å². The zero-order valence-corrected chi connectivity index (χ0v) is 24.8. The molecule has 0 radical (unpaired) electrons. The molecule has 0 bridgehead atoms. The number of carbonyl (C=O) groups excluding carboxylic acids is 4. The summed E-state index contributed by atoms with van der Waals surface area (Å²) >= 11 is 0. The molecular formula is C30H42O11. The molecular weight excluding hydrogens is 536 g/mol. The lowest BCUT2D eigenvalue weighted by Gasteiger charge is -2.54. The van der Waals surface area contributed by atoms with Crippen LogP contribution in [0, 0.1) is 11.3 Å². The van der Waals surface area contributed by atoms with Gasteiger partial charge in [-0.25, -0.2) is 4.79 Å².